The molecular formula is C12H13N3O3. The molecule has 1 amide bonds. The Morgan fingerprint density at radius 3 is 2.72 bits per heavy atom. The van der Waals surface area contributed by atoms with E-state index in [0.29, 0.717) is 0 Å². The number of carbonyl (C=O) groups excluding carboxylic acids is 1. The molecule has 6 heteroatoms. The number of ether oxygens (including phenoxy) is 1. The summed E-state index contributed by atoms with van der Waals surface area (Å²) < 4.78 is 6.24. The Kier molecular flexibility index (Phi) is 3.47. The van der Waals surface area contributed by atoms with Crippen molar-refractivity contribution in [3.8, 4) is 0 Å². The summed E-state index contributed by atoms with van der Waals surface area (Å²) in [4.78, 5) is 22.9. The predicted octanol–water partition coefficient (Wildman–Crippen LogP) is 1.46. The second-order valence-electron chi connectivity index (χ2n) is 3.74. The van der Waals surface area contributed by atoms with Crippen LogP contribution in [0.25, 0.3) is 0 Å². The first-order valence-corrected chi connectivity index (χ1v) is 5.39. The molecule has 1 aromatic heterocycles. The molecular weight excluding hydrogens is 234 g/mol. The third-order valence-electron chi connectivity index (χ3n) is 2.39. The summed E-state index contributed by atoms with van der Waals surface area (Å²) in [5.41, 5.74) is 0.733. The van der Waals surface area contributed by atoms with Crippen LogP contribution < -0.4 is 10.9 Å². The van der Waals surface area contributed by atoms with Crippen LogP contribution in [0.3, 0.4) is 0 Å². The van der Waals surface area contributed by atoms with Crippen molar-refractivity contribution in [2.75, 3.05) is 5.32 Å². The van der Waals surface area contributed by atoms with E-state index in [9.17, 15) is 9.59 Å². The summed E-state index contributed by atoms with van der Waals surface area (Å²) in [5.74, 6) is 0. The maximum absolute atomic E-state index is 11.5. The second-order valence-corrected chi connectivity index (χ2v) is 3.74. The number of rotatable bonds is 3. The van der Waals surface area contributed by atoms with Gasteiger partial charge in [0.05, 0.1) is 0 Å². The van der Waals surface area contributed by atoms with Crippen molar-refractivity contribution in [3.63, 3.8) is 0 Å². The van der Waals surface area contributed by atoms with E-state index in [-0.39, 0.29) is 17.9 Å². The number of aryl methyl sites for hydroxylation is 1. The first-order valence-electron chi connectivity index (χ1n) is 5.39. The van der Waals surface area contributed by atoms with E-state index in [1.165, 1.54) is 10.9 Å². The Bertz CT molecular complexity index is 586. The zero-order chi connectivity index (χ0) is 13.0. The van der Waals surface area contributed by atoms with Gasteiger partial charge in [0.15, 0.2) is 0 Å². The van der Waals surface area contributed by atoms with Crippen molar-refractivity contribution < 1.29 is 9.53 Å². The van der Waals surface area contributed by atoms with Crippen molar-refractivity contribution in [2.24, 2.45) is 7.05 Å². The van der Waals surface area contributed by atoms with Gasteiger partial charge in [-0.1, -0.05) is 30.3 Å². The lowest BCUT2D eigenvalue weighted by Gasteiger charge is -2.04. The molecule has 0 aliphatic carbocycles. The molecule has 1 heterocycles. The van der Waals surface area contributed by atoms with E-state index in [1.807, 2.05) is 30.3 Å². The average molecular weight is 247 g/mol. The molecule has 0 fully saturated rings. The Hall–Kier alpha value is -2.50. The number of amides is 1. The Morgan fingerprint density at radius 1 is 1.39 bits per heavy atom. The van der Waals surface area contributed by atoms with E-state index in [4.69, 9.17) is 4.74 Å². The molecule has 2 rings (SSSR count). The predicted molar refractivity (Wildman–Crippen MR) is 66.3 cm³/mol. The van der Waals surface area contributed by atoms with E-state index in [1.54, 1.807) is 7.05 Å². The molecule has 0 radical (unpaired) electrons. The molecule has 0 bridgehead atoms. The number of aromatic amines is 1. The van der Waals surface area contributed by atoms with Crippen LogP contribution in [0, 0.1) is 0 Å². The lowest BCUT2D eigenvalue weighted by molar-refractivity contribution is 0.155. The Labute approximate surface area is 103 Å². The number of benzene rings is 1. The summed E-state index contributed by atoms with van der Waals surface area (Å²) in [6.07, 6.45) is 0.752. The van der Waals surface area contributed by atoms with Gasteiger partial charge in [-0.15, -0.1) is 0 Å². The number of aromatic nitrogens is 2. The summed E-state index contributed by atoms with van der Waals surface area (Å²) >= 11 is 0. The maximum Gasteiger partial charge on any atom is 0.412 e. The molecule has 0 aliphatic heterocycles. The normalized spacial score (nSPS) is 10.1. The first kappa shape index (κ1) is 12.0. The van der Waals surface area contributed by atoms with E-state index in [2.05, 4.69) is 10.4 Å². The molecule has 0 atom stereocenters. The van der Waals surface area contributed by atoms with E-state index >= 15 is 0 Å². The van der Waals surface area contributed by atoms with Gasteiger partial charge >= 0.3 is 6.09 Å². The van der Waals surface area contributed by atoms with Crippen LogP contribution >= 0.6 is 0 Å². The molecule has 2 N–H and O–H groups in total. The fraction of sp³-hybridized carbons (Fsp3) is 0.167. The van der Waals surface area contributed by atoms with E-state index in [0.717, 1.165) is 5.56 Å². The van der Waals surface area contributed by atoms with Gasteiger partial charge in [0.2, 0.25) is 0 Å². The van der Waals surface area contributed by atoms with Gasteiger partial charge in [-0.25, -0.2) is 4.79 Å². The molecule has 2 aromatic rings. The van der Waals surface area contributed by atoms with Crippen LogP contribution in [0.5, 0.6) is 0 Å². The van der Waals surface area contributed by atoms with Gasteiger partial charge in [0, 0.05) is 13.2 Å². The molecule has 0 aliphatic rings. The minimum Gasteiger partial charge on any atom is -0.444 e. The van der Waals surface area contributed by atoms with Crippen molar-refractivity contribution >= 4 is 11.8 Å². The number of nitrogens with one attached hydrogen (secondary N) is 2. The largest absolute Gasteiger partial charge is 0.444 e. The maximum atomic E-state index is 11.5. The highest BCUT2D eigenvalue weighted by Gasteiger charge is 2.08. The SMILES string of the molecule is Cn1[nH]cc(NC(=O)OCc2ccccc2)c1=O. The molecule has 1 aromatic carbocycles. The van der Waals surface area contributed by atoms with E-state index < -0.39 is 6.09 Å². The Morgan fingerprint density at radius 2 is 2.11 bits per heavy atom. The van der Waals surface area contributed by atoms with Crippen molar-refractivity contribution in [2.45, 2.75) is 6.61 Å². The van der Waals surface area contributed by atoms with Crippen LogP contribution in [0.15, 0.2) is 41.3 Å². The van der Waals surface area contributed by atoms with Crippen LogP contribution in [0.2, 0.25) is 0 Å². The third kappa shape index (κ3) is 2.79. The number of H-pyrrole nitrogens is 1. The molecule has 6 nitrogen and oxygen atoms in total. The van der Waals surface area contributed by atoms with Crippen LogP contribution in [0.4, 0.5) is 10.5 Å². The number of hydrogen-bond donors (Lipinski definition) is 2. The summed E-state index contributed by atoms with van der Waals surface area (Å²) in [6.45, 7) is 0.164. The fourth-order valence-electron chi connectivity index (χ4n) is 1.42. The first-order chi connectivity index (χ1) is 8.66. The standard InChI is InChI=1S/C12H13N3O3/c1-15-11(16)10(7-13-15)14-12(17)18-8-9-5-3-2-4-6-9/h2-7,13H,8H2,1H3,(H,14,17). The zero-order valence-electron chi connectivity index (χ0n) is 9.84. The highest BCUT2D eigenvalue weighted by atomic mass is 16.5. The number of hydrogen-bond acceptors (Lipinski definition) is 3. The quantitative estimate of drug-likeness (QED) is 0.862. The lowest BCUT2D eigenvalue weighted by atomic mass is 10.2. The number of nitrogens with zero attached hydrogens (tertiary/aromatic N) is 1. The van der Waals surface area contributed by atoms with Gasteiger partial charge < -0.3 is 9.84 Å². The van der Waals surface area contributed by atoms with Crippen molar-refractivity contribution in [1.29, 1.82) is 0 Å². The number of carbonyl (C=O) groups is 1. The average Bonchev–Trinajstić information content (AvgIpc) is 2.70. The molecule has 0 saturated carbocycles. The van der Waals surface area contributed by atoms with Crippen LogP contribution in [0.1, 0.15) is 5.56 Å². The van der Waals surface area contributed by atoms with Crippen LogP contribution in [-0.2, 0) is 18.4 Å². The fourth-order valence-corrected chi connectivity index (χ4v) is 1.42. The smallest absolute Gasteiger partial charge is 0.412 e. The zero-order valence-corrected chi connectivity index (χ0v) is 9.84. The highest BCUT2D eigenvalue weighted by Crippen LogP contribution is 2.02. The molecule has 0 saturated heterocycles. The lowest BCUT2D eigenvalue weighted by Crippen LogP contribution is -2.20. The second kappa shape index (κ2) is 5.22. The molecule has 0 spiro atoms. The summed E-state index contributed by atoms with van der Waals surface area (Å²) in [7, 11) is 1.56. The third-order valence-corrected chi connectivity index (χ3v) is 2.39. The molecule has 94 valence electrons. The van der Waals surface area contributed by atoms with Gasteiger partial charge in [0.1, 0.15) is 12.3 Å². The number of anilines is 1. The van der Waals surface area contributed by atoms with Gasteiger partial charge in [-0.2, -0.15) is 0 Å². The minimum atomic E-state index is -0.657. The van der Waals surface area contributed by atoms with Gasteiger partial charge in [-0.3, -0.25) is 14.8 Å². The van der Waals surface area contributed by atoms with Gasteiger partial charge in [0.25, 0.3) is 5.56 Å². The van der Waals surface area contributed by atoms with Crippen molar-refractivity contribution in [3.05, 3.63) is 52.4 Å². The highest BCUT2D eigenvalue weighted by molar-refractivity contribution is 5.84. The molecule has 0 unspecified atom stereocenters. The monoisotopic (exact) mass is 247 g/mol. The molecule has 18 heavy (non-hydrogen) atoms. The summed E-state index contributed by atoms with van der Waals surface area (Å²) in [5, 5.41) is 5.03. The van der Waals surface area contributed by atoms with Crippen molar-refractivity contribution in [1.82, 2.24) is 9.78 Å². The topological polar surface area (TPSA) is 76.1 Å². The Balaban J connectivity index is 1.90. The summed E-state index contributed by atoms with van der Waals surface area (Å²) in [6, 6.07) is 9.30. The minimum absolute atomic E-state index is 0.163. The van der Waals surface area contributed by atoms with Gasteiger partial charge in [-0.05, 0) is 5.56 Å². The van der Waals surface area contributed by atoms with Crippen LogP contribution in [-0.4, -0.2) is 15.9 Å².